The normalized spacial score (nSPS) is 43.5. The molecule has 82 valence electrons. The van der Waals surface area contributed by atoms with E-state index in [9.17, 15) is 10.5 Å². The van der Waals surface area contributed by atoms with Gasteiger partial charge >= 0.3 is 0 Å². The summed E-state index contributed by atoms with van der Waals surface area (Å²) in [4.78, 5) is 0. The minimum Gasteiger partial charge on any atom is -0.197 e. The molecule has 3 aliphatic carbocycles. The van der Waals surface area contributed by atoms with Crippen molar-refractivity contribution >= 4 is 0 Å². The molecular formula is C14H16N2. The van der Waals surface area contributed by atoms with Crippen LogP contribution in [0.2, 0.25) is 0 Å². The molecule has 2 heteroatoms. The molecule has 3 fully saturated rings. The molecule has 0 amide bonds. The van der Waals surface area contributed by atoms with E-state index in [0.29, 0.717) is 24.2 Å². The summed E-state index contributed by atoms with van der Waals surface area (Å²) in [6, 6.07) is 4.64. The molecule has 0 bridgehead atoms. The second-order valence-electron chi connectivity index (χ2n) is 5.75. The quantitative estimate of drug-likeness (QED) is 0.579. The van der Waals surface area contributed by atoms with E-state index < -0.39 is 5.41 Å². The topological polar surface area (TPSA) is 47.6 Å². The van der Waals surface area contributed by atoms with E-state index >= 15 is 0 Å². The molecule has 3 rings (SSSR count). The molecule has 0 aliphatic heterocycles. The molecule has 0 aromatic carbocycles. The van der Waals surface area contributed by atoms with Crippen molar-refractivity contribution in [3.05, 3.63) is 12.2 Å². The third-order valence-electron chi connectivity index (χ3n) is 5.17. The highest BCUT2D eigenvalue weighted by Crippen LogP contribution is 2.64. The molecule has 2 unspecified atom stereocenters. The molecule has 0 saturated heterocycles. The van der Waals surface area contributed by atoms with Crippen LogP contribution in [0.3, 0.4) is 0 Å². The number of rotatable bonds is 0. The molecule has 0 spiro atoms. The van der Waals surface area contributed by atoms with Crippen LogP contribution in [-0.4, -0.2) is 0 Å². The van der Waals surface area contributed by atoms with Crippen LogP contribution in [0.25, 0.3) is 0 Å². The Morgan fingerprint density at radius 1 is 1.25 bits per heavy atom. The fraction of sp³-hybridized carbons (Fsp3) is 0.714. The summed E-state index contributed by atoms with van der Waals surface area (Å²) in [6.45, 7) is 4.11. The van der Waals surface area contributed by atoms with Gasteiger partial charge in [-0.05, 0) is 30.6 Å². The fourth-order valence-corrected chi connectivity index (χ4v) is 4.59. The Kier molecular flexibility index (Phi) is 1.93. The van der Waals surface area contributed by atoms with Gasteiger partial charge in [-0.2, -0.15) is 10.5 Å². The van der Waals surface area contributed by atoms with Gasteiger partial charge in [0.05, 0.1) is 12.1 Å². The number of allylic oxidation sites excluding steroid dienone is 1. The fourth-order valence-electron chi connectivity index (χ4n) is 4.59. The van der Waals surface area contributed by atoms with Gasteiger partial charge in [0.2, 0.25) is 0 Å². The molecule has 4 atom stereocenters. The van der Waals surface area contributed by atoms with E-state index in [4.69, 9.17) is 0 Å². The first-order valence-corrected chi connectivity index (χ1v) is 6.22. The van der Waals surface area contributed by atoms with Crippen molar-refractivity contribution in [2.24, 2.45) is 29.1 Å². The molecule has 3 saturated carbocycles. The molecule has 0 aromatic heterocycles. The predicted octanol–water partition coefficient (Wildman–Crippen LogP) is 3.03. The summed E-state index contributed by atoms with van der Waals surface area (Å²) in [7, 11) is 0. The minimum atomic E-state index is -0.745. The van der Waals surface area contributed by atoms with E-state index in [2.05, 4.69) is 18.7 Å². The lowest BCUT2D eigenvalue weighted by Gasteiger charge is -2.25. The van der Waals surface area contributed by atoms with Crippen molar-refractivity contribution in [1.82, 2.24) is 0 Å². The van der Waals surface area contributed by atoms with Crippen molar-refractivity contribution < 1.29 is 0 Å². The first kappa shape index (κ1) is 9.91. The van der Waals surface area contributed by atoms with Crippen LogP contribution in [0.4, 0.5) is 0 Å². The van der Waals surface area contributed by atoms with Crippen LogP contribution in [-0.2, 0) is 0 Å². The predicted molar refractivity (Wildman–Crippen MR) is 59.8 cm³/mol. The standard InChI is InChI=1S/C14H16N2/c1-9-6-14(7-15,8-16)13-11-4-2-3-10(11)5-12(9)13/h10-13H,1-6H2/t10?,11?,12-,13-/m0/s1. The van der Waals surface area contributed by atoms with Crippen LogP contribution in [0.1, 0.15) is 32.1 Å². The largest absolute Gasteiger partial charge is 0.197 e. The lowest BCUT2D eigenvalue weighted by Crippen LogP contribution is -2.28. The Bertz CT molecular complexity index is 409. The van der Waals surface area contributed by atoms with Crippen molar-refractivity contribution in [3.8, 4) is 12.1 Å². The number of hydrogen-bond acceptors (Lipinski definition) is 2. The lowest BCUT2D eigenvalue weighted by molar-refractivity contribution is 0.244. The zero-order chi connectivity index (χ0) is 11.3. The SMILES string of the molecule is C=C1CC(C#N)(C#N)[C@H]2C3CCCC3C[C@@H]12. The maximum absolute atomic E-state index is 9.39. The number of hydrogen-bond donors (Lipinski definition) is 0. The Morgan fingerprint density at radius 3 is 2.69 bits per heavy atom. The number of nitrogens with zero attached hydrogens (tertiary/aromatic N) is 2. The highest BCUT2D eigenvalue weighted by atomic mass is 14.6. The van der Waals surface area contributed by atoms with Crippen LogP contribution in [0.15, 0.2) is 12.2 Å². The van der Waals surface area contributed by atoms with Gasteiger partial charge in [0.25, 0.3) is 0 Å². The van der Waals surface area contributed by atoms with Gasteiger partial charge in [-0.3, -0.25) is 0 Å². The summed E-state index contributed by atoms with van der Waals surface area (Å²) in [6.07, 6.45) is 5.64. The average Bonchev–Trinajstić information content (AvgIpc) is 2.90. The zero-order valence-electron chi connectivity index (χ0n) is 9.45. The first-order chi connectivity index (χ1) is 7.72. The lowest BCUT2D eigenvalue weighted by atomic mass is 9.73. The Labute approximate surface area is 96.6 Å². The summed E-state index contributed by atoms with van der Waals surface area (Å²) < 4.78 is 0. The molecule has 0 heterocycles. The van der Waals surface area contributed by atoms with Crippen LogP contribution >= 0.6 is 0 Å². The first-order valence-electron chi connectivity index (χ1n) is 6.22. The summed E-state index contributed by atoms with van der Waals surface area (Å²) in [5, 5.41) is 18.8. The van der Waals surface area contributed by atoms with Crippen molar-refractivity contribution in [2.75, 3.05) is 0 Å². The van der Waals surface area contributed by atoms with Gasteiger partial charge in [-0.1, -0.05) is 25.0 Å². The van der Waals surface area contributed by atoms with E-state index in [1.807, 2.05) is 0 Å². The molecule has 2 nitrogen and oxygen atoms in total. The number of fused-ring (bicyclic) bond motifs is 3. The van der Waals surface area contributed by atoms with Gasteiger partial charge in [-0.25, -0.2) is 0 Å². The maximum Gasteiger partial charge on any atom is 0.151 e. The van der Waals surface area contributed by atoms with Gasteiger partial charge in [0.15, 0.2) is 5.41 Å². The Hall–Kier alpha value is -1.28. The van der Waals surface area contributed by atoms with Gasteiger partial charge in [0.1, 0.15) is 0 Å². The van der Waals surface area contributed by atoms with Crippen LogP contribution in [0.5, 0.6) is 0 Å². The monoisotopic (exact) mass is 212 g/mol. The summed E-state index contributed by atoms with van der Waals surface area (Å²) in [5.74, 6) is 2.16. The van der Waals surface area contributed by atoms with E-state index in [0.717, 1.165) is 5.92 Å². The Morgan fingerprint density at radius 2 is 2.00 bits per heavy atom. The van der Waals surface area contributed by atoms with Crippen molar-refractivity contribution in [2.45, 2.75) is 32.1 Å². The second-order valence-corrected chi connectivity index (χ2v) is 5.75. The minimum absolute atomic E-state index is 0.294. The molecule has 3 aliphatic rings. The van der Waals surface area contributed by atoms with Crippen LogP contribution in [0, 0.1) is 51.7 Å². The third kappa shape index (κ3) is 1.00. The summed E-state index contributed by atoms with van der Waals surface area (Å²) in [5.41, 5.74) is 0.424. The van der Waals surface area contributed by atoms with E-state index in [1.165, 1.54) is 31.3 Å². The molecule has 0 N–H and O–H groups in total. The molecule has 16 heavy (non-hydrogen) atoms. The number of nitriles is 2. The molecule has 0 radical (unpaired) electrons. The highest BCUT2D eigenvalue weighted by molar-refractivity contribution is 5.33. The maximum atomic E-state index is 9.39. The van der Waals surface area contributed by atoms with E-state index in [-0.39, 0.29) is 0 Å². The average molecular weight is 212 g/mol. The summed E-state index contributed by atoms with van der Waals surface area (Å²) >= 11 is 0. The molecule has 0 aromatic rings. The van der Waals surface area contributed by atoms with Crippen molar-refractivity contribution in [3.63, 3.8) is 0 Å². The molecular weight excluding hydrogens is 196 g/mol. The van der Waals surface area contributed by atoms with Crippen LogP contribution < -0.4 is 0 Å². The highest BCUT2D eigenvalue weighted by Gasteiger charge is 2.60. The smallest absolute Gasteiger partial charge is 0.151 e. The van der Waals surface area contributed by atoms with Gasteiger partial charge in [-0.15, -0.1) is 0 Å². The van der Waals surface area contributed by atoms with Gasteiger partial charge in [0, 0.05) is 12.3 Å². The third-order valence-corrected chi connectivity index (χ3v) is 5.17. The van der Waals surface area contributed by atoms with Crippen molar-refractivity contribution in [1.29, 1.82) is 10.5 Å². The Balaban J connectivity index is 2.04. The zero-order valence-corrected chi connectivity index (χ0v) is 9.45. The van der Waals surface area contributed by atoms with E-state index in [1.54, 1.807) is 0 Å². The second kappa shape index (κ2) is 3.11. The van der Waals surface area contributed by atoms with Gasteiger partial charge < -0.3 is 0 Å².